The number of aliphatic imine (C=N–C) groups is 1. The molecule has 0 amide bonds. The van der Waals surface area contributed by atoms with Gasteiger partial charge in [-0.05, 0) is 106 Å². The van der Waals surface area contributed by atoms with Crippen molar-refractivity contribution in [3.8, 4) is 23.3 Å². The Bertz CT molecular complexity index is 1500. The van der Waals surface area contributed by atoms with Gasteiger partial charge in [0.05, 0.1) is 24.8 Å². The van der Waals surface area contributed by atoms with Crippen LogP contribution in [0.3, 0.4) is 0 Å². The summed E-state index contributed by atoms with van der Waals surface area (Å²) < 4.78 is 12.5. The Morgan fingerprint density at radius 2 is 1.90 bits per heavy atom. The summed E-state index contributed by atoms with van der Waals surface area (Å²) in [5, 5.41) is 40.3. The molecule has 1 spiro atoms. The fourth-order valence-corrected chi connectivity index (χ4v) is 10.0. The number of nitrogens with zero attached hydrogens (tertiary/aromatic N) is 3. The van der Waals surface area contributed by atoms with E-state index in [0.29, 0.717) is 68.0 Å². The average Bonchev–Trinajstić information content (AvgIpc) is 3.13. The van der Waals surface area contributed by atoms with E-state index in [9.17, 15) is 20.1 Å². The van der Waals surface area contributed by atoms with Crippen LogP contribution in [0.2, 0.25) is 0 Å². The van der Waals surface area contributed by atoms with E-state index in [2.05, 4.69) is 32.3 Å². The van der Waals surface area contributed by atoms with Crippen LogP contribution < -0.4 is 21.1 Å². The van der Waals surface area contributed by atoms with Crippen LogP contribution in [0.25, 0.3) is 0 Å². The van der Waals surface area contributed by atoms with Crippen LogP contribution in [-0.4, -0.2) is 114 Å². The molecule has 9 atom stereocenters. The van der Waals surface area contributed by atoms with Gasteiger partial charge >= 0.3 is 5.97 Å². The summed E-state index contributed by atoms with van der Waals surface area (Å²) in [4.78, 5) is 22.5. The number of esters is 1. The zero-order chi connectivity index (χ0) is 36.2. The Morgan fingerprint density at radius 1 is 1.10 bits per heavy atom. The molecule has 1 aromatic rings. The quantitative estimate of drug-likeness (QED) is 0.196. The molecule has 3 saturated heterocycles. The van der Waals surface area contributed by atoms with Crippen molar-refractivity contribution in [3.05, 3.63) is 23.3 Å². The first kappa shape index (κ1) is 37.2. The van der Waals surface area contributed by atoms with Gasteiger partial charge in [0.2, 0.25) is 0 Å². The number of aromatic hydroxyl groups is 1. The number of fused-ring (bicyclic) bond motifs is 9. The lowest BCUT2D eigenvalue weighted by molar-refractivity contribution is -0.152. The van der Waals surface area contributed by atoms with Gasteiger partial charge < -0.3 is 46.1 Å². The van der Waals surface area contributed by atoms with E-state index in [0.717, 1.165) is 83.4 Å². The fourth-order valence-electron chi connectivity index (χ4n) is 10.0. The monoisotopic (exact) mass is 720 g/mol. The molecule has 52 heavy (non-hydrogen) atoms. The van der Waals surface area contributed by atoms with Crippen LogP contribution in [0.4, 0.5) is 0 Å². The maximum absolute atomic E-state index is 12.7. The predicted octanol–water partition coefficient (Wildman–Crippen LogP) is 2.33. The van der Waals surface area contributed by atoms with Gasteiger partial charge in [-0.2, -0.15) is 0 Å². The number of aliphatic hydroxyl groups is 2. The first-order valence-electron chi connectivity index (χ1n) is 19.9. The standard InChI is InChI=1S/C40H60N6O6/c1-26(48)51-37-18-33(49)6-9-40(10-12-45-19-27-13-28(20-45)22-46(21-27)25-44-39(41)43-24-40)8-5-29-3-2-4-32-17-34(7-11-42-32)52-38-16-30(14-35(29)37)31(23-47)15-36(38)50/h15-16,27-29,32-35,37,42,47,49-50H,2-4,6-7,9-14,17-25H2,1H3,(H3,41,43,44). The van der Waals surface area contributed by atoms with Crippen molar-refractivity contribution < 1.29 is 29.6 Å². The molecule has 7 N–H and O–H groups in total. The molecule has 6 aliphatic heterocycles. The first-order chi connectivity index (χ1) is 25.1. The number of rotatable bonds is 2. The van der Waals surface area contributed by atoms with Crippen molar-refractivity contribution in [3.63, 3.8) is 0 Å². The average molecular weight is 721 g/mol. The first-order valence-corrected chi connectivity index (χ1v) is 19.9. The number of carbonyl (C=O) groups excluding carboxylic acids is 1. The molecule has 6 heterocycles. The molecule has 7 aliphatic rings. The summed E-state index contributed by atoms with van der Waals surface area (Å²) in [6.07, 6.45) is 7.09. The number of piperidine rings is 3. The molecule has 0 radical (unpaired) electrons. The summed E-state index contributed by atoms with van der Waals surface area (Å²) in [6, 6.07) is 3.74. The van der Waals surface area contributed by atoms with E-state index in [1.165, 1.54) is 13.3 Å². The van der Waals surface area contributed by atoms with Gasteiger partial charge in [-0.15, -0.1) is 0 Å². The maximum atomic E-state index is 12.7. The Kier molecular flexibility index (Phi) is 11.8. The fraction of sp³-hybridized carbons (Fsp3) is 0.750. The number of hydrogen-bond acceptors (Lipinski definition) is 12. The molecule has 1 aromatic carbocycles. The minimum Gasteiger partial charge on any atom is -0.504 e. The third-order valence-electron chi connectivity index (χ3n) is 12.7. The van der Waals surface area contributed by atoms with Crippen molar-refractivity contribution in [1.29, 1.82) is 0 Å². The number of phenolic OH excluding ortho intramolecular Hbond substituents is 1. The number of nitrogens with one attached hydrogen (secondary N) is 2. The van der Waals surface area contributed by atoms with E-state index in [-0.39, 0.29) is 36.3 Å². The van der Waals surface area contributed by atoms with E-state index < -0.39 is 23.6 Å². The molecule has 0 saturated carbocycles. The van der Waals surface area contributed by atoms with Crippen LogP contribution in [0.5, 0.6) is 11.5 Å². The summed E-state index contributed by atoms with van der Waals surface area (Å²) in [5.74, 6) is 8.98. The van der Waals surface area contributed by atoms with Gasteiger partial charge in [0.15, 0.2) is 17.5 Å². The summed E-state index contributed by atoms with van der Waals surface area (Å²) >= 11 is 0. The van der Waals surface area contributed by atoms with E-state index in [1.807, 2.05) is 6.07 Å². The predicted molar refractivity (Wildman–Crippen MR) is 198 cm³/mol. The molecule has 0 aromatic heterocycles. The Labute approximate surface area is 308 Å². The number of guanidine groups is 1. The minimum atomic E-state index is -0.708. The van der Waals surface area contributed by atoms with Crippen LogP contribution in [0, 0.1) is 40.9 Å². The molecule has 9 unspecified atom stereocenters. The number of benzene rings is 1. The van der Waals surface area contributed by atoms with Gasteiger partial charge in [-0.3, -0.25) is 9.69 Å². The number of nitrogens with two attached hydrogens (primary N) is 1. The Hall–Kier alpha value is -3.08. The topological polar surface area (TPSA) is 165 Å². The molecule has 3 fully saturated rings. The summed E-state index contributed by atoms with van der Waals surface area (Å²) in [5.41, 5.74) is 7.48. The summed E-state index contributed by atoms with van der Waals surface area (Å²) in [6.45, 7) is 8.36. The molecular weight excluding hydrogens is 660 g/mol. The Morgan fingerprint density at radius 3 is 2.69 bits per heavy atom. The second-order valence-electron chi connectivity index (χ2n) is 16.7. The molecule has 286 valence electrons. The minimum absolute atomic E-state index is 0.0110. The lowest BCUT2D eigenvalue weighted by Gasteiger charge is -2.46. The SMILES string of the molecule is CC(=O)OC1CC(O)CCC2(C#CC3CCCC4CC(CCN4)Oc4cc(c(CO)cc4O)CC31)CCN1CC3CC(C1)CN(CN=C(N)NC2)C3. The molecule has 12 heteroatoms. The van der Waals surface area contributed by atoms with Crippen LogP contribution in [-0.2, 0) is 22.6 Å². The third kappa shape index (κ3) is 9.16. The molecule has 8 rings (SSSR count). The second kappa shape index (κ2) is 16.5. The zero-order valence-corrected chi connectivity index (χ0v) is 30.9. The van der Waals surface area contributed by atoms with Crippen LogP contribution in [0.1, 0.15) is 82.3 Å². The normalized spacial score (nSPS) is 38.3. The highest BCUT2D eigenvalue weighted by Crippen LogP contribution is 2.40. The summed E-state index contributed by atoms with van der Waals surface area (Å²) in [7, 11) is 0. The molecule has 12 nitrogen and oxygen atoms in total. The van der Waals surface area contributed by atoms with Crippen molar-refractivity contribution >= 4 is 11.9 Å². The van der Waals surface area contributed by atoms with Gasteiger partial charge in [0.1, 0.15) is 12.2 Å². The van der Waals surface area contributed by atoms with E-state index in [4.69, 9.17) is 20.2 Å². The van der Waals surface area contributed by atoms with Gasteiger partial charge in [-0.25, -0.2) is 4.99 Å². The van der Waals surface area contributed by atoms with Gasteiger partial charge in [-0.1, -0.05) is 18.3 Å². The highest BCUT2D eigenvalue weighted by atomic mass is 16.5. The lowest BCUT2D eigenvalue weighted by Crippen LogP contribution is -2.53. The molecule has 8 bridgehead atoms. The van der Waals surface area contributed by atoms with E-state index in [1.54, 1.807) is 6.07 Å². The number of ether oxygens (including phenoxy) is 2. The molecular formula is C40H60N6O6. The zero-order valence-electron chi connectivity index (χ0n) is 30.9. The van der Waals surface area contributed by atoms with Gasteiger partial charge in [0, 0.05) is 63.9 Å². The lowest BCUT2D eigenvalue weighted by atomic mass is 9.73. The van der Waals surface area contributed by atoms with Crippen molar-refractivity contribution in [2.45, 2.75) is 109 Å². The largest absolute Gasteiger partial charge is 0.504 e. The van der Waals surface area contributed by atoms with Crippen LogP contribution in [0.15, 0.2) is 17.1 Å². The third-order valence-corrected chi connectivity index (χ3v) is 12.7. The number of phenols is 1. The highest BCUT2D eigenvalue weighted by Gasteiger charge is 2.40. The maximum Gasteiger partial charge on any atom is 0.302 e. The highest BCUT2D eigenvalue weighted by molar-refractivity contribution is 5.77. The van der Waals surface area contributed by atoms with Crippen molar-refractivity contribution in [1.82, 2.24) is 20.4 Å². The Balaban J connectivity index is 1.28. The number of carbonyl (C=O) groups is 1. The number of aliphatic hydroxyl groups excluding tert-OH is 2. The van der Waals surface area contributed by atoms with Crippen LogP contribution >= 0.6 is 0 Å². The molecule has 1 aliphatic carbocycles. The van der Waals surface area contributed by atoms with Crippen molar-refractivity contribution in [2.24, 2.45) is 39.8 Å². The smallest absolute Gasteiger partial charge is 0.302 e. The second-order valence-corrected chi connectivity index (χ2v) is 16.7. The van der Waals surface area contributed by atoms with E-state index >= 15 is 0 Å². The number of hydrogen-bond donors (Lipinski definition) is 6. The van der Waals surface area contributed by atoms with Crippen molar-refractivity contribution in [2.75, 3.05) is 52.5 Å². The van der Waals surface area contributed by atoms with Gasteiger partial charge in [0.25, 0.3) is 0 Å².